The first kappa shape index (κ1) is 16.3. The average Bonchev–Trinajstić information content (AvgIpc) is 3.16. The predicted molar refractivity (Wildman–Crippen MR) is 90.1 cm³/mol. The number of ether oxygens (including phenoxy) is 2. The Morgan fingerprint density at radius 3 is 2.88 bits per heavy atom. The van der Waals surface area contributed by atoms with E-state index in [1.54, 1.807) is 13.3 Å². The van der Waals surface area contributed by atoms with Gasteiger partial charge >= 0.3 is 0 Å². The fraction of sp³-hybridized carbons (Fsp3) is 0.333. The van der Waals surface area contributed by atoms with Gasteiger partial charge in [0.2, 0.25) is 11.8 Å². The fourth-order valence-electron chi connectivity index (χ4n) is 2.66. The van der Waals surface area contributed by atoms with Gasteiger partial charge in [0.1, 0.15) is 0 Å². The number of carbonyl (C=O) groups excluding carboxylic acids is 1. The van der Waals surface area contributed by atoms with Gasteiger partial charge in [0.05, 0.1) is 13.0 Å². The molecule has 1 amide bonds. The van der Waals surface area contributed by atoms with Gasteiger partial charge in [-0.15, -0.1) is 0 Å². The predicted octanol–water partition coefficient (Wildman–Crippen LogP) is 2.11. The van der Waals surface area contributed by atoms with Crippen molar-refractivity contribution in [3.8, 4) is 17.4 Å². The zero-order valence-electron chi connectivity index (χ0n) is 13.6. The van der Waals surface area contributed by atoms with Crippen molar-refractivity contribution in [1.29, 1.82) is 0 Å². The molecule has 1 saturated heterocycles. The molecule has 0 spiro atoms. The van der Waals surface area contributed by atoms with Crippen LogP contribution in [0, 0.1) is 5.92 Å². The first-order chi connectivity index (χ1) is 11.8. The third-order valence-corrected chi connectivity index (χ3v) is 4.01. The van der Waals surface area contributed by atoms with E-state index in [4.69, 9.17) is 9.47 Å². The van der Waals surface area contributed by atoms with E-state index in [-0.39, 0.29) is 11.8 Å². The van der Waals surface area contributed by atoms with Gasteiger partial charge in [0, 0.05) is 24.8 Å². The monoisotopic (exact) mass is 327 g/mol. The second-order valence-electron chi connectivity index (χ2n) is 5.63. The van der Waals surface area contributed by atoms with Crippen LogP contribution in [0.15, 0.2) is 42.6 Å². The summed E-state index contributed by atoms with van der Waals surface area (Å²) in [5, 5.41) is 6.16. The van der Waals surface area contributed by atoms with Gasteiger partial charge in [-0.3, -0.25) is 4.79 Å². The molecule has 126 valence electrons. The van der Waals surface area contributed by atoms with Crippen LogP contribution in [0.5, 0.6) is 17.4 Å². The van der Waals surface area contributed by atoms with E-state index in [0.717, 1.165) is 25.1 Å². The van der Waals surface area contributed by atoms with E-state index in [1.807, 2.05) is 36.4 Å². The molecule has 0 bridgehead atoms. The molecule has 3 rings (SSSR count). The number of aromatic nitrogens is 1. The minimum atomic E-state index is 0.0419. The number of rotatable bonds is 6. The highest BCUT2D eigenvalue weighted by Crippen LogP contribution is 2.31. The highest BCUT2D eigenvalue weighted by atomic mass is 16.5. The molecular formula is C18H21N3O3. The van der Waals surface area contributed by atoms with E-state index >= 15 is 0 Å². The van der Waals surface area contributed by atoms with Crippen molar-refractivity contribution >= 4 is 5.91 Å². The zero-order valence-corrected chi connectivity index (χ0v) is 13.6. The molecule has 1 aromatic heterocycles. The van der Waals surface area contributed by atoms with Gasteiger partial charge in [0.15, 0.2) is 11.5 Å². The molecule has 2 heterocycles. The van der Waals surface area contributed by atoms with Crippen molar-refractivity contribution in [2.24, 2.45) is 5.92 Å². The maximum absolute atomic E-state index is 12.2. The standard InChI is InChI=1S/C18H21N3O3/c1-23-15-6-2-3-7-16(15)24-18-14(5-4-9-20-18)12-21-17(22)13-8-10-19-11-13/h2-7,9,13,19H,8,10-12H2,1H3,(H,21,22). The first-order valence-electron chi connectivity index (χ1n) is 8.01. The van der Waals surface area contributed by atoms with Crippen molar-refractivity contribution in [1.82, 2.24) is 15.6 Å². The summed E-state index contributed by atoms with van der Waals surface area (Å²) in [6.45, 7) is 2.02. The molecule has 0 saturated carbocycles. The number of nitrogens with zero attached hydrogens (tertiary/aromatic N) is 1. The molecule has 1 fully saturated rings. The first-order valence-corrected chi connectivity index (χ1v) is 8.01. The lowest BCUT2D eigenvalue weighted by Gasteiger charge is -2.14. The molecule has 6 heteroatoms. The number of pyridine rings is 1. The summed E-state index contributed by atoms with van der Waals surface area (Å²) in [4.78, 5) is 16.4. The largest absolute Gasteiger partial charge is 0.493 e. The normalized spacial score (nSPS) is 16.6. The summed E-state index contributed by atoms with van der Waals surface area (Å²) < 4.78 is 11.2. The summed E-state index contributed by atoms with van der Waals surface area (Å²) in [6.07, 6.45) is 2.54. The molecule has 0 radical (unpaired) electrons. The van der Waals surface area contributed by atoms with Crippen LogP contribution in [0.2, 0.25) is 0 Å². The summed E-state index contributed by atoms with van der Waals surface area (Å²) in [5.74, 6) is 1.79. The van der Waals surface area contributed by atoms with Crippen molar-refractivity contribution in [2.45, 2.75) is 13.0 Å². The Labute approximate surface area is 141 Å². The molecule has 1 atom stereocenters. The average molecular weight is 327 g/mol. The van der Waals surface area contributed by atoms with Crippen LogP contribution in [0.4, 0.5) is 0 Å². The maximum Gasteiger partial charge on any atom is 0.224 e. The summed E-state index contributed by atoms with van der Waals surface area (Å²) >= 11 is 0. The Bertz CT molecular complexity index is 699. The molecule has 0 aliphatic carbocycles. The Kier molecular flexibility index (Phi) is 5.28. The Balaban J connectivity index is 1.69. The van der Waals surface area contributed by atoms with Crippen LogP contribution in [0.3, 0.4) is 0 Å². The van der Waals surface area contributed by atoms with Crippen LogP contribution in [-0.4, -0.2) is 31.1 Å². The summed E-state index contributed by atoms with van der Waals surface area (Å²) in [7, 11) is 1.59. The maximum atomic E-state index is 12.2. The van der Waals surface area contributed by atoms with Gasteiger partial charge in [-0.25, -0.2) is 4.98 Å². The number of nitrogens with one attached hydrogen (secondary N) is 2. The third-order valence-electron chi connectivity index (χ3n) is 4.01. The van der Waals surface area contributed by atoms with Crippen LogP contribution >= 0.6 is 0 Å². The van der Waals surface area contributed by atoms with E-state index in [0.29, 0.717) is 23.9 Å². The summed E-state index contributed by atoms with van der Waals surface area (Å²) in [6, 6.07) is 11.1. The van der Waals surface area contributed by atoms with Gasteiger partial charge < -0.3 is 20.1 Å². The number of carbonyl (C=O) groups is 1. The highest BCUT2D eigenvalue weighted by molar-refractivity contribution is 5.79. The lowest BCUT2D eigenvalue weighted by Crippen LogP contribution is -2.31. The van der Waals surface area contributed by atoms with Gasteiger partial charge in [-0.1, -0.05) is 18.2 Å². The van der Waals surface area contributed by atoms with E-state index in [2.05, 4.69) is 15.6 Å². The SMILES string of the molecule is COc1ccccc1Oc1ncccc1CNC(=O)C1CCNC1. The van der Waals surface area contributed by atoms with Gasteiger partial charge in [-0.05, 0) is 31.2 Å². The molecule has 6 nitrogen and oxygen atoms in total. The molecule has 1 aliphatic rings. The molecular weight excluding hydrogens is 306 g/mol. The van der Waals surface area contributed by atoms with Crippen molar-refractivity contribution < 1.29 is 14.3 Å². The smallest absolute Gasteiger partial charge is 0.224 e. The molecule has 1 unspecified atom stereocenters. The van der Waals surface area contributed by atoms with Gasteiger partial charge in [-0.2, -0.15) is 0 Å². The molecule has 2 N–H and O–H groups in total. The number of hydrogen-bond donors (Lipinski definition) is 2. The second kappa shape index (κ2) is 7.79. The lowest BCUT2D eigenvalue weighted by molar-refractivity contribution is -0.124. The minimum absolute atomic E-state index is 0.0419. The molecule has 1 aromatic carbocycles. The molecule has 1 aliphatic heterocycles. The van der Waals surface area contributed by atoms with Crippen LogP contribution < -0.4 is 20.1 Å². The summed E-state index contributed by atoms with van der Waals surface area (Å²) in [5.41, 5.74) is 0.822. The topological polar surface area (TPSA) is 72.5 Å². The van der Waals surface area contributed by atoms with E-state index in [9.17, 15) is 4.79 Å². The highest BCUT2D eigenvalue weighted by Gasteiger charge is 2.22. The van der Waals surface area contributed by atoms with Crippen LogP contribution in [-0.2, 0) is 11.3 Å². The Morgan fingerprint density at radius 2 is 2.12 bits per heavy atom. The van der Waals surface area contributed by atoms with Crippen molar-refractivity contribution in [2.75, 3.05) is 20.2 Å². The van der Waals surface area contributed by atoms with Crippen LogP contribution in [0.1, 0.15) is 12.0 Å². The number of benzene rings is 1. The minimum Gasteiger partial charge on any atom is -0.493 e. The number of para-hydroxylation sites is 2. The second-order valence-corrected chi connectivity index (χ2v) is 5.63. The molecule has 24 heavy (non-hydrogen) atoms. The van der Waals surface area contributed by atoms with Crippen molar-refractivity contribution in [3.05, 3.63) is 48.2 Å². The number of methoxy groups -OCH3 is 1. The Hall–Kier alpha value is -2.60. The molecule has 2 aromatic rings. The number of hydrogen-bond acceptors (Lipinski definition) is 5. The third kappa shape index (κ3) is 3.83. The Morgan fingerprint density at radius 1 is 1.29 bits per heavy atom. The van der Waals surface area contributed by atoms with E-state index < -0.39 is 0 Å². The van der Waals surface area contributed by atoms with Crippen LogP contribution in [0.25, 0.3) is 0 Å². The van der Waals surface area contributed by atoms with Crippen molar-refractivity contribution in [3.63, 3.8) is 0 Å². The number of amides is 1. The quantitative estimate of drug-likeness (QED) is 0.850. The zero-order chi connectivity index (χ0) is 16.8. The van der Waals surface area contributed by atoms with Gasteiger partial charge in [0.25, 0.3) is 0 Å². The fourth-order valence-corrected chi connectivity index (χ4v) is 2.66. The van der Waals surface area contributed by atoms with E-state index in [1.165, 1.54) is 0 Å². The lowest BCUT2D eigenvalue weighted by atomic mass is 10.1.